The summed E-state index contributed by atoms with van der Waals surface area (Å²) in [5, 5.41) is 4.87. The van der Waals surface area contributed by atoms with Gasteiger partial charge in [-0.25, -0.2) is 6.57 Å². The first-order valence-electron chi connectivity index (χ1n) is 11.7. The Labute approximate surface area is 207 Å². The van der Waals surface area contributed by atoms with Crippen LogP contribution in [0.2, 0.25) is 0 Å². The third kappa shape index (κ3) is 3.69. The standard InChI is InChI=1S/C26H27N5O3S/c1-15(2)11-20(30(4)23(32)19-12-21-18(28-19)9-10-35-21)24(33)31-14-26(13-22(31)27-3)16-7-5-6-8-17(16)29-25(26)34/h5-10,12,15,20,22,28H,11,13-14H2,1-2,4H3,(H,29,34)/t20-,22-,26-/m0/s1. The Hall–Kier alpha value is -3.64. The van der Waals surface area contributed by atoms with Crippen molar-refractivity contribution in [2.45, 2.75) is 44.3 Å². The van der Waals surface area contributed by atoms with Crippen molar-refractivity contribution in [3.05, 3.63) is 64.5 Å². The van der Waals surface area contributed by atoms with E-state index in [9.17, 15) is 14.4 Å². The molecule has 2 aromatic heterocycles. The molecule has 180 valence electrons. The van der Waals surface area contributed by atoms with Gasteiger partial charge >= 0.3 is 6.17 Å². The maximum absolute atomic E-state index is 14.0. The fourth-order valence-corrected chi connectivity index (χ4v) is 6.10. The zero-order valence-corrected chi connectivity index (χ0v) is 20.7. The summed E-state index contributed by atoms with van der Waals surface area (Å²) >= 11 is 1.54. The number of amides is 3. The molecule has 2 N–H and O–H groups in total. The van der Waals surface area contributed by atoms with Crippen molar-refractivity contribution >= 4 is 45.0 Å². The van der Waals surface area contributed by atoms with Crippen LogP contribution in [0.5, 0.6) is 0 Å². The fourth-order valence-electron chi connectivity index (χ4n) is 5.31. The molecule has 0 saturated carbocycles. The van der Waals surface area contributed by atoms with Crippen LogP contribution in [-0.2, 0) is 15.0 Å². The first-order valence-corrected chi connectivity index (χ1v) is 12.5. The molecule has 1 aromatic carbocycles. The number of thiophene rings is 1. The number of anilines is 1. The summed E-state index contributed by atoms with van der Waals surface area (Å²) in [7, 11) is 1.64. The Morgan fingerprint density at radius 3 is 2.80 bits per heavy atom. The molecule has 1 fully saturated rings. The van der Waals surface area contributed by atoms with E-state index in [-0.39, 0.29) is 36.6 Å². The Balaban J connectivity index is 1.45. The molecule has 9 heteroatoms. The van der Waals surface area contributed by atoms with E-state index in [4.69, 9.17) is 6.57 Å². The molecule has 3 aromatic rings. The maximum Gasteiger partial charge on any atom is 0.302 e. The van der Waals surface area contributed by atoms with Crippen LogP contribution >= 0.6 is 11.3 Å². The van der Waals surface area contributed by atoms with Crippen LogP contribution in [0.4, 0.5) is 5.69 Å². The number of carbonyl (C=O) groups is 3. The highest BCUT2D eigenvalue weighted by Gasteiger charge is 2.59. The molecule has 4 heterocycles. The largest absolute Gasteiger partial charge is 0.350 e. The minimum Gasteiger partial charge on any atom is -0.350 e. The SMILES string of the molecule is [C-]#[N+][C@@H]1C[C@@]2(CN1C(=O)[C@H](CC(C)C)N(C)C(=O)c1cc3sccc3[nH]1)C(=O)Nc1ccccc12. The van der Waals surface area contributed by atoms with Crippen LogP contribution in [0.1, 0.15) is 42.7 Å². The van der Waals surface area contributed by atoms with Crippen molar-refractivity contribution in [3.8, 4) is 0 Å². The normalized spacial score (nSPS) is 21.9. The molecule has 1 spiro atoms. The van der Waals surface area contributed by atoms with Gasteiger partial charge in [-0.1, -0.05) is 32.0 Å². The third-order valence-corrected chi connectivity index (χ3v) is 7.99. The van der Waals surface area contributed by atoms with Crippen molar-refractivity contribution in [3.63, 3.8) is 0 Å². The predicted molar refractivity (Wildman–Crippen MR) is 135 cm³/mol. The average molecular weight is 490 g/mol. The molecular formula is C26H27N5O3S. The molecule has 1 saturated heterocycles. The summed E-state index contributed by atoms with van der Waals surface area (Å²) in [6.07, 6.45) is -0.0783. The molecule has 35 heavy (non-hydrogen) atoms. The van der Waals surface area contributed by atoms with Crippen LogP contribution in [-0.4, -0.2) is 58.3 Å². The van der Waals surface area contributed by atoms with E-state index in [1.165, 1.54) is 9.80 Å². The molecule has 0 aliphatic carbocycles. The van der Waals surface area contributed by atoms with Crippen LogP contribution in [0, 0.1) is 12.5 Å². The number of rotatable bonds is 5. The van der Waals surface area contributed by atoms with Crippen molar-refractivity contribution < 1.29 is 14.4 Å². The first kappa shape index (κ1) is 23.1. The summed E-state index contributed by atoms with van der Waals surface area (Å²) in [6, 6.07) is 10.4. The molecule has 8 nitrogen and oxygen atoms in total. The van der Waals surface area contributed by atoms with Gasteiger partial charge in [0.1, 0.15) is 17.2 Å². The second-order valence-corrected chi connectivity index (χ2v) is 10.8. The highest BCUT2D eigenvalue weighted by atomic mass is 32.1. The predicted octanol–water partition coefficient (Wildman–Crippen LogP) is 4.08. The van der Waals surface area contributed by atoms with Gasteiger partial charge in [0.25, 0.3) is 11.8 Å². The van der Waals surface area contributed by atoms with Gasteiger partial charge in [0, 0.05) is 19.3 Å². The molecule has 3 amide bonds. The maximum atomic E-state index is 14.0. The number of para-hydroxylation sites is 1. The molecule has 3 atom stereocenters. The number of carbonyl (C=O) groups excluding carboxylic acids is 3. The zero-order valence-electron chi connectivity index (χ0n) is 19.9. The number of aromatic nitrogens is 1. The van der Waals surface area contributed by atoms with Gasteiger partial charge in [0.2, 0.25) is 5.91 Å². The van der Waals surface area contributed by atoms with Crippen molar-refractivity contribution in [1.82, 2.24) is 14.8 Å². The van der Waals surface area contributed by atoms with Gasteiger partial charge < -0.3 is 15.2 Å². The van der Waals surface area contributed by atoms with Gasteiger partial charge in [0.05, 0.1) is 16.6 Å². The van der Waals surface area contributed by atoms with Crippen LogP contribution < -0.4 is 5.32 Å². The van der Waals surface area contributed by atoms with E-state index in [1.807, 2.05) is 55.6 Å². The second-order valence-electron chi connectivity index (χ2n) is 9.80. The van der Waals surface area contributed by atoms with Crippen molar-refractivity contribution in [2.75, 3.05) is 18.9 Å². The zero-order chi connectivity index (χ0) is 24.9. The minimum atomic E-state index is -0.948. The molecule has 0 bridgehead atoms. The molecule has 0 unspecified atom stereocenters. The second kappa shape index (κ2) is 8.54. The van der Waals surface area contributed by atoms with Gasteiger partial charge in [-0.15, -0.1) is 11.3 Å². The van der Waals surface area contributed by atoms with E-state index < -0.39 is 17.6 Å². The highest BCUT2D eigenvalue weighted by molar-refractivity contribution is 7.17. The summed E-state index contributed by atoms with van der Waals surface area (Å²) < 4.78 is 0.981. The van der Waals surface area contributed by atoms with E-state index in [0.717, 1.165) is 21.5 Å². The molecule has 0 radical (unpaired) electrons. The smallest absolute Gasteiger partial charge is 0.302 e. The van der Waals surface area contributed by atoms with Crippen molar-refractivity contribution in [1.29, 1.82) is 0 Å². The van der Waals surface area contributed by atoms with E-state index in [0.29, 0.717) is 12.1 Å². The quantitative estimate of drug-likeness (QED) is 0.529. The highest BCUT2D eigenvalue weighted by Crippen LogP contribution is 2.47. The van der Waals surface area contributed by atoms with E-state index in [2.05, 4.69) is 15.1 Å². The topological polar surface area (TPSA) is 89.9 Å². The number of hydrogen-bond acceptors (Lipinski definition) is 4. The monoisotopic (exact) mass is 489 g/mol. The lowest BCUT2D eigenvalue weighted by atomic mass is 9.80. The average Bonchev–Trinajstić information content (AvgIpc) is 3.59. The number of benzene rings is 1. The number of nitrogens with zero attached hydrogens (tertiary/aromatic N) is 3. The number of nitrogens with one attached hydrogen (secondary N) is 2. The molecular weight excluding hydrogens is 462 g/mol. The van der Waals surface area contributed by atoms with Crippen molar-refractivity contribution in [2.24, 2.45) is 5.92 Å². The van der Waals surface area contributed by atoms with Gasteiger partial charge in [-0.3, -0.25) is 24.1 Å². The number of fused-ring (bicyclic) bond motifs is 3. The Morgan fingerprint density at radius 2 is 2.09 bits per heavy atom. The Morgan fingerprint density at radius 1 is 1.31 bits per heavy atom. The summed E-state index contributed by atoms with van der Waals surface area (Å²) in [6.45, 7) is 11.9. The van der Waals surface area contributed by atoms with Crippen LogP contribution in [0.15, 0.2) is 41.8 Å². The lowest BCUT2D eigenvalue weighted by molar-refractivity contribution is -0.136. The number of hydrogen-bond donors (Lipinski definition) is 2. The van der Waals surface area contributed by atoms with Gasteiger partial charge in [0.15, 0.2) is 0 Å². The Kier molecular flexibility index (Phi) is 5.64. The Bertz CT molecular complexity index is 1340. The summed E-state index contributed by atoms with van der Waals surface area (Å²) in [4.78, 5) is 50.3. The van der Waals surface area contributed by atoms with E-state index in [1.54, 1.807) is 18.4 Å². The van der Waals surface area contributed by atoms with Gasteiger partial charge in [-0.05, 0) is 41.5 Å². The lowest BCUT2D eigenvalue weighted by Gasteiger charge is -2.32. The van der Waals surface area contributed by atoms with Crippen LogP contribution in [0.25, 0.3) is 15.1 Å². The number of likely N-dealkylation sites (tertiary alicyclic amines) is 1. The molecule has 2 aliphatic rings. The number of aromatic amines is 1. The van der Waals surface area contributed by atoms with E-state index >= 15 is 0 Å². The lowest BCUT2D eigenvalue weighted by Crippen LogP contribution is -2.51. The fraction of sp³-hybridized carbons (Fsp3) is 0.385. The first-order chi connectivity index (χ1) is 16.7. The molecule has 2 aliphatic heterocycles. The number of H-pyrrole nitrogens is 1. The molecule has 5 rings (SSSR count). The minimum absolute atomic E-state index is 0.122. The third-order valence-electron chi connectivity index (χ3n) is 7.13. The van der Waals surface area contributed by atoms with Crippen LogP contribution in [0.3, 0.4) is 0 Å². The summed E-state index contributed by atoms with van der Waals surface area (Å²) in [5.74, 6) is -0.605. The summed E-state index contributed by atoms with van der Waals surface area (Å²) in [5.41, 5.74) is 1.92. The number of likely N-dealkylation sites (N-methyl/N-ethyl adjacent to an activating group) is 1. The van der Waals surface area contributed by atoms with Gasteiger partial charge in [-0.2, -0.15) is 0 Å².